The Morgan fingerprint density at radius 1 is 1.16 bits per heavy atom. The van der Waals surface area contributed by atoms with Gasteiger partial charge in [-0.25, -0.2) is 9.59 Å². The van der Waals surface area contributed by atoms with E-state index in [1.807, 2.05) is 43.3 Å². The summed E-state index contributed by atoms with van der Waals surface area (Å²) in [6, 6.07) is 11.0. The minimum absolute atomic E-state index is 0.0120. The minimum Gasteiger partial charge on any atom is -0.458 e. The lowest BCUT2D eigenvalue weighted by Crippen LogP contribution is -2.39. The van der Waals surface area contributed by atoms with Crippen LogP contribution in [0.5, 0.6) is 0 Å². The molecule has 0 radical (unpaired) electrons. The van der Waals surface area contributed by atoms with Crippen molar-refractivity contribution in [2.24, 2.45) is 0 Å². The topological polar surface area (TPSA) is 76.1 Å². The smallest absolute Gasteiger partial charge is 0.416 e. The Labute approximate surface area is 182 Å². The van der Waals surface area contributed by atoms with Crippen LogP contribution in [0, 0.1) is 0 Å². The molecule has 1 aliphatic heterocycles. The van der Waals surface area contributed by atoms with Crippen molar-refractivity contribution in [2.45, 2.75) is 18.2 Å². The van der Waals surface area contributed by atoms with Crippen molar-refractivity contribution in [2.75, 3.05) is 32.2 Å². The Balaban J connectivity index is 1.68. The van der Waals surface area contributed by atoms with Crippen molar-refractivity contribution < 1.29 is 37.3 Å². The number of alkyl halides is 3. The van der Waals surface area contributed by atoms with Gasteiger partial charge in [0.2, 0.25) is 0 Å². The SMILES string of the molecule is CN(C)c1ccc(/C=C2/CC(CO)(COC(=O)c3ccc(C(F)(F)F)cc3)OC2=O)cc1. The predicted octanol–water partition coefficient (Wildman–Crippen LogP) is 3.69. The largest absolute Gasteiger partial charge is 0.458 e. The molecule has 2 aromatic carbocycles. The van der Waals surface area contributed by atoms with E-state index in [-0.39, 0.29) is 12.0 Å². The number of hydrogen-bond acceptors (Lipinski definition) is 6. The highest BCUT2D eigenvalue weighted by Crippen LogP contribution is 2.33. The van der Waals surface area contributed by atoms with E-state index in [0.29, 0.717) is 5.57 Å². The van der Waals surface area contributed by atoms with Crippen LogP contribution in [0.25, 0.3) is 6.08 Å². The molecule has 3 rings (SSSR count). The Hall–Kier alpha value is -3.33. The van der Waals surface area contributed by atoms with Crippen LogP contribution in [-0.2, 0) is 20.4 Å². The monoisotopic (exact) mass is 449 g/mol. The molecule has 1 unspecified atom stereocenters. The highest BCUT2D eigenvalue weighted by Gasteiger charge is 2.44. The van der Waals surface area contributed by atoms with E-state index in [0.717, 1.165) is 35.5 Å². The molecule has 0 spiro atoms. The number of aliphatic hydroxyl groups is 1. The van der Waals surface area contributed by atoms with E-state index in [1.54, 1.807) is 6.08 Å². The first-order valence-corrected chi connectivity index (χ1v) is 9.69. The normalized spacial score (nSPS) is 19.7. The Morgan fingerprint density at radius 2 is 1.78 bits per heavy atom. The number of benzene rings is 2. The summed E-state index contributed by atoms with van der Waals surface area (Å²) in [6.45, 7) is -1.03. The maximum atomic E-state index is 12.7. The molecule has 0 saturated carbocycles. The van der Waals surface area contributed by atoms with Crippen molar-refractivity contribution >= 4 is 23.7 Å². The number of hydrogen-bond donors (Lipinski definition) is 1. The average molecular weight is 449 g/mol. The summed E-state index contributed by atoms with van der Waals surface area (Å²) in [6.07, 6.45) is -2.87. The van der Waals surface area contributed by atoms with Gasteiger partial charge in [0.25, 0.3) is 0 Å². The van der Waals surface area contributed by atoms with Gasteiger partial charge in [-0.3, -0.25) is 0 Å². The molecule has 1 saturated heterocycles. The Morgan fingerprint density at radius 3 is 2.31 bits per heavy atom. The number of carbonyl (C=O) groups is 2. The Bertz CT molecular complexity index is 1010. The maximum absolute atomic E-state index is 12.7. The molecule has 1 N–H and O–H groups in total. The summed E-state index contributed by atoms with van der Waals surface area (Å²) in [4.78, 5) is 26.5. The van der Waals surface area contributed by atoms with Gasteiger partial charge in [-0.1, -0.05) is 12.1 Å². The zero-order chi connectivity index (χ0) is 23.5. The van der Waals surface area contributed by atoms with Gasteiger partial charge in [0.15, 0.2) is 5.60 Å². The zero-order valence-electron chi connectivity index (χ0n) is 17.5. The molecule has 0 amide bonds. The van der Waals surface area contributed by atoms with E-state index in [9.17, 15) is 27.9 Å². The third-order valence-electron chi connectivity index (χ3n) is 5.04. The van der Waals surface area contributed by atoms with Gasteiger partial charge in [-0.15, -0.1) is 0 Å². The molecule has 0 aromatic heterocycles. The van der Waals surface area contributed by atoms with Crippen LogP contribution in [0.2, 0.25) is 0 Å². The molecule has 0 aliphatic carbocycles. The standard InChI is InChI=1S/C23H22F3NO5/c1-27(2)19-9-3-15(4-10-19)11-17-12-22(13-28,32-21(17)30)14-31-20(29)16-5-7-18(8-6-16)23(24,25)26/h3-11,28H,12-14H2,1-2H3/b17-11-. The molecule has 6 nitrogen and oxygen atoms in total. The van der Waals surface area contributed by atoms with Crippen molar-refractivity contribution in [1.29, 1.82) is 0 Å². The molecular formula is C23H22F3NO5. The molecule has 170 valence electrons. The molecule has 1 aliphatic rings. The van der Waals surface area contributed by atoms with E-state index in [1.165, 1.54) is 0 Å². The molecular weight excluding hydrogens is 427 g/mol. The van der Waals surface area contributed by atoms with Crippen LogP contribution >= 0.6 is 0 Å². The third kappa shape index (κ3) is 5.28. The van der Waals surface area contributed by atoms with Gasteiger partial charge in [0.05, 0.1) is 17.7 Å². The number of aliphatic hydroxyl groups excluding tert-OH is 1. The molecule has 1 heterocycles. The number of nitrogens with zero attached hydrogens (tertiary/aromatic N) is 1. The first-order valence-electron chi connectivity index (χ1n) is 9.69. The van der Waals surface area contributed by atoms with E-state index in [4.69, 9.17) is 9.47 Å². The third-order valence-corrected chi connectivity index (χ3v) is 5.04. The maximum Gasteiger partial charge on any atom is 0.416 e. The van der Waals surface area contributed by atoms with Crippen LogP contribution in [-0.4, -0.2) is 50.0 Å². The van der Waals surface area contributed by atoms with Crippen molar-refractivity contribution in [1.82, 2.24) is 0 Å². The average Bonchev–Trinajstić information content (AvgIpc) is 3.07. The fraction of sp³-hybridized carbons (Fsp3) is 0.304. The lowest BCUT2D eigenvalue weighted by Gasteiger charge is -2.24. The summed E-state index contributed by atoms with van der Waals surface area (Å²) in [7, 11) is 3.81. The number of cyclic esters (lactones) is 1. The van der Waals surface area contributed by atoms with Crippen LogP contribution < -0.4 is 4.90 Å². The van der Waals surface area contributed by atoms with Gasteiger partial charge in [-0.2, -0.15) is 13.2 Å². The summed E-state index contributed by atoms with van der Waals surface area (Å²) < 4.78 is 48.4. The van der Waals surface area contributed by atoms with Gasteiger partial charge in [0, 0.05) is 31.8 Å². The van der Waals surface area contributed by atoms with Crippen LogP contribution in [0.15, 0.2) is 54.1 Å². The van der Waals surface area contributed by atoms with Crippen LogP contribution in [0.3, 0.4) is 0 Å². The van der Waals surface area contributed by atoms with Gasteiger partial charge >= 0.3 is 18.1 Å². The highest BCUT2D eigenvalue weighted by molar-refractivity contribution is 5.96. The minimum atomic E-state index is -4.52. The van der Waals surface area contributed by atoms with Crippen molar-refractivity contribution in [3.05, 3.63) is 70.8 Å². The van der Waals surface area contributed by atoms with Gasteiger partial charge < -0.3 is 19.5 Å². The first kappa shape index (κ1) is 23.3. The molecule has 1 atom stereocenters. The molecule has 1 fully saturated rings. The Kier molecular flexibility index (Phi) is 6.59. The van der Waals surface area contributed by atoms with Gasteiger partial charge in [-0.05, 0) is 48.0 Å². The second-order valence-electron chi connectivity index (χ2n) is 7.71. The van der Waals surface area contributed by atoms with Crippen LogP contribution in [0.4, 0.5) is 18.9 Å². The summed E-state index contributed by atoms with van der Waals surface area (Å²) in [5, 5.41) is 9.80. The number of ether oxygens (including phenoxy) is 2. The molecule has 9 heteroatoms. The molecule has 32 heavy (non-hydrogen) atoms. The number of anilines is 1. The van der Waals surface area contributed by atoms with Crippen molar-refractivity contribution in [3.8, 4) is 0 Å². The van der Waals surface area contributed by atoms with E-state index in [2.05, 4.69) is 0 Å². The van der Waals surface area contributed by atoms with Crippen molar-refractivity contribution in [3.63, 3.8) is 0 Å². The zero-order valence-corrected chi connectivity index (χ0v) is 17.5. The molecule has 2 aromatic rings. The summed E-state index contributed by atoms with van der Waals surface area (Å²) in [5.74, 6) is -1.53. The first-order chi connectivity index (χ1) is 15.0. The number of carbonyl (C=O) groups excluding carboxylic acids is 2. The summed E-state index contributed by atoms with van der Waals surface area (Å²) in [5.41, 5.74) is -0.374. The van der Waals surface area contributed by atoms with Crippen LogP contribution in [0.1, 0.15) is 27.9 Å². The predicted molar refractivity (Wildman–Crippen MR) is 111 cm³/mol. The number of rotatable bonds is 6. The second kappa shape index (κ2) is 9.04. The quantitative estimate of drug-likeness (QED) is 0.536. The second-order valence-corrected chi connectivity index (χ2v) is 7.71. The lowest BCUT2D eigenvalue weighted by atomic mass is 9.98. The number of esters is 2. The fourth-order valence-corrected chi connectivity index (χ4v) is 3.19. The highest BCUT2D eigenvalue weighted by atomic mass is 19.4. The lowest BCUT2D eigenvalue weighted by molar-refractivity contribution is -0.154. The van der Waals surface area contributed by atoms with E-state index >= 15 is 0 Å². The summed E-state index contributed by atoms with van der Waals surface area (Å²) >= 11 is 0. The molecule has 0 bridgehead atoms. The fourth-order valence-electron chi connectivity index (χ4n) is 3.19. The van der Waals surface area contributed by atoms with E-state index < -0.39 is 42.5 Å². The van der Waals surface area contributed by atoms with Gasteiger partial charge in [0.1, 0.15) is 6.61 Å². The number of halogens is 3.